The number of hydrogen-bond acceptors (Lipinski definition) is 4. The molecule has 0 saturated carbocycles. The van der Waals surface area contributed by atoms with E-state index in [1.807, 2.05) is 6.07 Å². The van der Waals surface area contributed by atoms with Crippen molar-refractivity contribution in [3.05, 3.63) is 199 Å². The topological polar surface area (TPSA) is 54.2 Å². The summed E-state index contributed by atoms with van der Waals surface area (Å²) in [5.74, 6) is 0. The molecule has 0 unspecified atom stereocenters. The van der Waals surface area contributed by atoms with Gasteiger partial charge in [0.05, 0.1) is 11.4 Å². The minimum Gasteiger partial charge on any atom is -0.314 e. The maximum atomic E-state index is 8.49. The van der Waals surface area contributed by atoms with Crippen molar-refractivity contribution in [2.45, 2.75) is 12.8 Å². The Bertz CT molecular complexity index is 2480. The zero-order valence-corrected chi connectivity index (χ0v) is 28.8. The first-order valence-corrected chi connectivity index (χ1v) is 17.7. The quantitative estimate of drug-likeness (QED) is 0.112. The van der Waals surface area contributed by atoms with E-state index in [9.17, 15) is 0 Å². The van der Waals surface area contributed by atoms with Gasteiger partial charge in [-0.3, -0.25) is 0 Å². The lowest BCUT2D eigenvalue weighted by Crippen LogP contribution is -2.17. The number of para-hydroxylation sites is 1. The summed E-state index contributed by atoms with van der Waals surface area (Å²) >= 11 is 0. The Morgan fingerprint density at radius 2 is 0.923 bits per heavy atom. The zero-order valence-electron chi connectivity index (χ0n) is 28.8. The summed E-state index contributed by atoms with van der Waals surface area (Å²) in [6.07, 6.45) is 11.2. The minimum absolute atomic E-state index is 0.691. The Balaban J connectivity index is 1.17. The maximum Gasteiger partial charge on any atom is 0.0540 e. The largest absolute Gasteiger partial charge is 0.314 e. The summed E-state index contributed by atoms with van der Waals surface area (Å²) in [5, 5.41) is 21.7. The molecule has 1 aliphatic rings. The average molecular weight is 671 g/mol. The summed E-state index contributed by atoms with van der Waals surface area (Å²) in [7, 11) is 0. The van der Waals surface area contributed by atoms with Crippen LogP contribution < -0.4 is 9.80 Å². The van der Waals surface area contributed by atoms with Gasteiger partial charge in [-0.25, -0.2) is 0 Å². The molecule has 0 heterocycles. The highest BCUT2D eigenvalue weighted by molar-refractivity contribution is 6.30. The van der Waals surface area contributed by atoms with Crippen molar-refractivity contribution < 1.29 is 0 Å². The Labute approximate surface area is 304 Å². The monoisotopic (exact) mass is 670 g/mol. The van der Waals surface area contributed by atoms with Crippen molar-refractivity contribution in [1.82, 2.24) is 0 Å². The van der Waals surface area contributed by atoms with Gasteiger partial charge in [0.1, 0.15) is 0 Å². The van der Waals surface area contributed by atoms with Gasteiger partial charge in [0, 0.05) is 57.1 Å². The summed E-state index contributed by atoms with van der Waals surface area (Å²) in [6.45, 7) is 0. The average Bonchev–Trinajstić information content (AvgIpc) is 3.22. The van der Waals surface area contributed by atoms with E-state index in [0.717, 1.165) is 52.4 Å². The number of allylic oxidation sites excluding steroid dienone is 6. The normalized spacial score (nSPS) is 13.0. The zero-order chi connectivity index (χ0) is 35.3. The van der Waals surface area contributed by atoms with Gasteiger partial charge in [-0.05, 0) is 89.3 Å². The van der Waals surface area contributed by atoms with Crippen molar-refractivity contribution in [2.75, 3.05) is 9.80 Å². The molecule has 4 nitrogen and oxygen atoms in total. The molecular weight excluding hydrogens is 633 g/mol. The van der Waals surface area contributed by atoms with Crippen LogP contribution >= 0.6 is 0 Å². The van der Waals surface area contributed by atoms with E-state index in [0.29, 0.717) is 11.1 Å². The van der Waals surface area contributed by atoms with Crippen LogP contribution in [0.25, 0.3) is 32.7 Å². The second kappa shape index (κ2) is 14.6. The predicted octanol–water partition coefficient (Wildman–Crippen LogP) is 13.0. The molecule has 0 aromatic heterocycles. The standard InChI is InChI=1S/C48H38N4/c49-33-45(37-25-29-41(30-26-37)51(39-17-3-1-4-18-39)47-23-11-15-35-13-7-9-21-43(35)47)46(34-50)38-27-31-42(32-28-38)52(40-19-5-2-6-20-40)48-24-12-16-36-14-8-10-22-44(36)48/h1-5,7-19,21-34,49-50H,6,20H2/b46-45+,49-33?,50-34?. The van der Waals surface area contributed by atoms with E-state index in [1.54, 1.807) is 0 Å². The number of rotatable bonds is 10. The molecule has 1 aliphatic carbocycles. The third-order valence-corrected chi connectivity index (χ3v) is 9.76. The fraction of sp³-hybridized carbons (Fsp3) is 0.0417. The van der Waals surface area contributed by atoms with Crippen LogP contribution in [0.5, 0.6) is 0 Å². The highest BCUT2D eigenvalue weighted by atomic mass is 15.2. The van der Waals surface area contributed by atoms with Crippen LogP contribution in [0.4, 0.5) is 28.4 Å². The number of nitrogens with one attached hydrogen (secondary N) is 2. The van der Waals surface area contributed by atoms with Gasteiger partial charge < -0.3 is 20.6 Å². The molecule has 0 amide bonds. The molecule has 0 radical (unpaired) electrons. The van der Waals surface area contributed by atoms with Crippen LogP contribution in [0.2, 0.25) is 0 Å². The van der Waals surface area contributed by atoms with Gasteiger partial charge in [0.15, 0.2) is 0 Å². The third-order valence-electron chi connectivity index (χ3n) is 9.76. The highest BCUT2D eigenvalue weighted by Crippen LogP contribution is 2.41. The molecule has 8 rings (SSSR count). The van der Waals surface area contributed by atoms with Crippen molar-refractivity contribution in [3.8, 4) is 0 Å². The first-order valence-electron chi connectivity index (χ1n) is 17.7. The van der Waals surface area contributed by atoms with Gasteiger partial charge in [0.25, 0.3) is 0 Å². The molecule has 0 atom stereocenters. The van der Waals surface area contributed by atoms with Crippen LogP contribution in [0.1, 0.15) is 24.0 Å². The second-order valence-electron chi connectivity index (χ2n) is 12.8. The fourth-order valence-electron chi connectivity index (χ4n) is 7.26. The molecule has 2 N–H and O–H groups in total. The lowest BCUT2D eigenvalue weighted by atomic mass is 9.95. The van der Waals surface area contributed by atoms with Crippen LogP contribution in [0.15, 0.2) is 188 Å². The second-order valence-corrected chi connectivity index (χ2v) is 12.8. The van der Waals surface area contributed by atoms with Crippen LogP contribution in [0, 0.1) is 10.8 Å². The van der Waals surface area contributed by atoms with Gasteiger partial charge >= 0.3 is 0 Å². The van der Waals surface area contributed by atoms with Gasteiger partial charge in [-0.15, -0.1) is 0 Å². The van der Waals surface area contributed by atoms with Crippen molar-refractivity contribution in [3.63, 3.8) is 0 Å². The van der Waals surface area contributed by atoms with E-state index in [4.69, 9.17) is 10.8 Å². The Hall–Kier alpha value is -6.78. The van der Waals surface area contributed by atoms with Crippen LogP contribution in [-0.2, 0) is 0 Å². The lowest BCUT2D eigenvalue weighted by Gasteiger charge is -2.30. The smallest absolute Gasteiger partial charge is 0.0540 e. The molecule has 0 fully saturated rings. The Morgan fingerprint density at radius 3 is 1.44 bits per heavy atom. The van der Waals surface area contributed by atoms with Crippen molar-refractivity contribution >= 4 is 73.6 Å². The summed E-state index contributed by atoms with van der Waals surface area (Å²) in [6, 6.07) is 57.0. The van der Waals surface area contributed by atoms with E-state index < -0.39 is 0 Å². The number of benzene rings is 7. The molecule has 0 saturated heterocycles. The number of nitrogens with zero attached hydrogens (tertiary/aromatic N) is 2. The number of hydrogen-bond donors (Lipinski definition) is 2. The van der Waals surface area contributed by atoms with Crippen LogP contribution in [-0.4, -0.2) is 12.4 Å². The molecular formula is C48H38N4. The lowest BCUT2D eigenvalue weighted by molar-refractivity contribution is 0.919. The SMILES string of the molecule is N=C/C(=C(/C=N)c1ccc(N(c2ccccc2)c2cccc3ccccc23)cc1)c1ccc(N(C2=CC=CCC2)c2cccc3ccccc23)cc1. The molecule has 0 aliphatic heterocycles. The van der Waals surface area contributed by atoms with E-state index in [2.05, 4.69) is 186 Å². The highest BCUT2D eigenvalue weighted by Gasteiger charge is 2.19. The molecule has 4 heteroatoms. The maximum absolute atomic E-state index is 8.49. The van der Waals surface area contributed by atoms with Crippen LogP contribution in [0.3, 0.4) is 0 Å². The number of anilines is 5. The molecule has 52 heavy (non-hydrogen) atoms. The molecule has 250 valence electrons. The molecule has 0 spiro atoms. The Morgan fingerprint density at radius 1 is 0.462 bits per heavy atom. The summed E-state index contributed by atoms with van der Waals surface area (Å²) in [4.78, 5) is 4.63. The van der Waals surface area contributed by atoms with Crippen molar-refractivity contribution in [2.24, 2.45) is 0 Å². The number of fused-ring (bicyclic) bond motifs is 2. The van der Waals surface area contributed by atoms with E-state index >= 15 is 0 Å². The van der Waals surface area contributed by atoms with E-state index in [1.165, 1.54) is 39.7 Å². The van der Waals surface area contributed by atoms with Gasteiger partial charge in [-0.1, -0.05) is 127 Å². The van der Waals surface area contributed by atoms with Gasteiger partial charge in [-0.2, -0.15) is 0 Å². The van der Waals surface area contributed by atoms with Gasteiger partial charge in [0.2, 0.25) is 0 Å². The summed E-state index contributed by atoms with van der Waals surface area (Å²) in [5.41, 5.74) is 9.76. The minimum atomic E-state index is 0.691. The summed E-state index contributed by atoms with van der Waals surface area (Å²) < 4.78 is 0. The predicted molar refractivity (Wildman–Crippen MR) is 222 cm³/mol. The van der Waals surface area contributed by atoms with E-state index in [-0.39, 0.29) is 0 Å². The fourth-order valence-corrected chi connectivity index (χ4v) is 7.26. The molecule has 0 bridgehead atoms. The first-order chi connectivity index (χ1) is 25.7. The third kappa shape index (κ3) is 6.23. The molecule has 7 aromatic carbocycles. The van der Waals surface area contributed by atoms with Crippen molar-refractivity contribution in [1.29, 1.82) is 10.8 Å². The molecule has 7 aromatic rings. The Kier molecular flexibility index (Phi) is 9.10. The first kappa shape index (κ1) is 32.4.